The highest BCUT2D eigenvalue weighted by atomic mass is 32.1. The van der Waals surface area contributed by atoms with Crippen molar-refractivity contribution in [3.63, 3.8) is 0 Å². The van der Waals surface area contributed by atoms with Gasteiger partial charge in [-0.15, -0.1) is 11.3 Å². The molecule has 2 unspecified atom stereocenters. The largest absolute Gasteiger partial charge is 0.494 e. The van der Waals surface area contributed by atoms with E-state index < -0.39 is 0 Å². The molecular weight excluding hydrogens is 334 g/mol. The highest BCUT2D eigenvalue weighted by Gasteiger charge is 2.30. The van der Waals surface area contributed by atoms with Crippen molar-refractivity contribution in [1.29, 1.82) is 0 Å². The van der Waals surface area contributed by atoms with E-state index in [0.717, 1.165) is 35.7 Å². The van der Waals surface area contributed by atoms with E-state index in [9.17, 15) is 4.79 Å². The molecule has 1 amide bonds. The fourth-order valence-corrected chi connectivity index (χ4v) is 4.05. The molecule has 1 aliphatic heterocycles. The number of nitrogens with two attached hydrogens (primary N) is 1. The Bertz CT molecular complexity index is 714. The van der Waals surface area contributed by atoms with Crippen molar-refractivity contribution in [3.8, 4) is 16.3 Å². The second-order valence-electron chi connectivity index (χ2n) is 6.51. The summed E-state index contributed by atoms with van der Waals surface area (Å²) in [7, 11) is 0. The number of piperidine rings is 1. The fraction of sp³-hybridized carbons (Fsp3) is 0.474. The first-order chi connectivity index (χ1) is 12.1. The standard InChI is InChI=1S/C19H25N3O2S/c1-3-24-16-6-4-14(5-7-16)18-21-17(12-25-18)19(23)22-9-8-13(2)10-15(22)11-20/h4-7,12-13,15H,3,8-11,20H2,1-2H3. The molecule has 1 fully saturated rings. The molecule has 1 aromatic carbocycles. The van der Waals surface area contributed by atoms with Crippen LogP contribution in [0, 0.1) is 5.92 Å². The first-order valence-electron chi connectivity index (χ1n) is 8.82. The molecule has 1 aliphatic rings. The second-order valence-corrected chi connectivity index (χ2v) is 7.37. The van der Waals surface area contributed by atoms with Crippen LogP contribution < -0.4 is 10.5 Å². The number of hydrogen-bond acceptors (Lipinski definition) is 5. The lowest BCUT2D eigenvalue weighted by molar-refractivity contribution is 0.0568. The Morgan fingerprint density at radius 1 is 1.40 bits per heavy atom. The summed E-state index contributed by atoms with van der Waals surface area (Å²) in [5.41, 5.74) is 7.39. The molecule has 0 radical (unpaired) electrons. The van der Waals surface area contributed by atoms with Crippen LogP contribution in [-0.2, 0) is 0 Å². The van der Waals surface area contributed by atoms with Crippen molar-refractivity contribution >= 4 is 17.2 Å². The van der Waals surface area contributed by atoms with Gasteiger partial charge in [0, 0.05) is 30.1 Å². The first kappa shape index (κ1) is 17.9. The number of carbonyl (C=O) groups excluding carboxylic acids is 1. The van der Waals surface area contributed by atoms with Gasteiger partial charge in [0.1, 0.15) is 16.5 Å². The molecule has 5 nitrogen and oxygen atoms in total. The smallest absolute Gasteiger partial charge is 0.273 e. The summed E-state index contributed by atoms with van der Waals surface area (Å²) in [6.45, 7) is 6.09. The summed E-state index contributed by atoms with van der Waals surface area (Å²) in [6.07, 6.45) is 2.00. The van der Waals surface area contributed by atoms with Gasteiger partial charge in [0.15, 0.2) is 0 Å². The Labute approximate surface area is 152 Å². The van der Waals surface area contributed by atoms with Crippen molar-refractivity contribution < 1.29 is 9.53 Å². The van der Waals surface area contributed by atoms with Crippen LogP contribution in [0.25, 0.3) is 10.6 Å². The minimum absolute atomic E-state index is 0.00390. The number of aromatic nitrogens is 1. The molecule has 0 spiro atoms. The van der Waals surface area contributed by atoms with E-state index in [4.69, 9.17) is 10.5 Å². The predicted molar refractivity (Wildman–Crippen MR) is 101 cm³/mol. The van der Waals surface area contributed by atoms with Crippen LogP contribution in [-0.4, -0.2) is 41.5 Å². The number of rotatable bonds is 5. The van der Waals surface area contributed by atoms with Crippen LogP contribution in [0.15, 0.2) is 29.6 Å². The molecule has 2 N–H and O–H groups in total. The minimum atomic E-state index is -0.00390. The predicted octanol–water partition coefficient (Wildman–Crippen LogP) is 3.41. The van der Waals surface area contributed by atoms with Gasteiger partial charge in [-0.1, -0.05) is 6.92 Å². The van der Waals surface area contributed by atoms with Gasteiger partial charge < -0.3 is 15.4 Å². The lowest BCUT2D eigenvalue weighted by Gasteiger charge is -2.37. The maximum absolute atomic E-state index is 12.9. The lowest BCUT2D eigenvalue weighted by Crippen LogP contribution is -2.49. The lowest BCUT2D eigenvalue weighted by atomic mass is 9.92. The average Bonchev–Trinajstić information content (AvgIpc) is 3.12. The molecular formula is C19H25N3O2S. The molecule has 25 heavy (non-hydrogen) atoms. The Morgan fingerprint density at radius 3 is 2.84 bits per heavy atom. The number of ether oxygens (including phenoxy) is 1. The second kappa shape index (κ2) is 7.97. The van der Waals surface area contributed by atoms with Crippen LogP contribution in [0.3, 0.4) is 0 Å². The summed E-state index contributed by atoms with van der Waals surface area (Å²) in [5.74, 6) is 1.45. The quantitative estimate of drug-likeness (QED) is 0.888. The van der Waals surface area contributed by atoms with Crippen LogP contribution in [0.2, 0.25) is 0 Å². The molecule has 2 heterocycles. The van der Waals surface area contributed by atoms with E-state index in [1.165, 1.54) is 11.3 Å². The van der Waals surface area contributed by atoms with Crippen molar-refractivity contribution in [3.05, 3.63) is 35.3 Å². The van der Waals surface area contributed by atoms with E-state index in [2.05, 4.69) is 11.9 Å². The van der Waals surface area contributed by atoms with E-state index in [0.29, 0.717) is 24.8 Å². The Hall–Kier alpha value is -1.92. The highest BCUT2D eigenvalue weighted by molar-refractivity contribution is 7.13. The zero-order chi connectivity index (χ0) is 17.8. The molecule has 0 bridgehead atoms. The van der Waals surface area contributed by atoms with Crippen molar-refractivity contribution in [2.45, 2.75) is 32.7 Å². The summed E-state index contributed by atoms with van der Waals surface area (Å²) in [4.78, 5) is 19.3. The average molecular weight is 359 g/mol. The molecule has 0 aliphatic carbocycles. The van der Waals surface area contributed by atoms with Crippen LogP contribution >= 0.6 is 11.3 Å². The van der Waals surface area contributed by atoms with Gasteiger partial charge in [-0.05, 0) is 49.9 Å². The molecule has 0 saturated carbocycles. The fourth-order valence-electron chi connectivity index (χ4n) is 3.25. The zero-order valence-electron chi connectivity index (χ0n) is 14.8. The van der Waals surface area contributed by atoms with Gasteiger partial charge >= 0.3 is 0 Å². The van der Waals surface area contributed by atoms with Crippen LogP contribution in [0.5, 0.6) is 5.75 Å². The number of likely N-dealkylation sites (tertiary alicyclic amines) is 1. The first-order valence-corrected chi connectivity index (χ1v) is 9.70. The number of hydrogen-bond donors (Lipinski definition) is 1. The zero-order valence-corrected chi connectivity index (χ0v) is 15.6. The van der Waals surface area contributed by atoms with Gasteiger partial charge in [-0.2, -0.15) is 0 Å². The maximum atomic E-state index is 12.9. The summed E-state index contributed by atoms with van der Waals surface area (Å²) >= 11 is 1.49. The molecule has 134 valence electrons. The third-order valence-corrected chi connectivity index (χ3v) is 5.54. The minimum Gasteiger partial charge on any atom is -0.494 e. The number of amides is 1. The topological polar surface area (TPSA) is 68.5 Å². The van der Waals surface area contributed by atoms with Crippen LogP contribution in [0.1, 0.15) is 37.2 Å². The Kier molecular flexibility index (Phi) is 5.71. The molecule has 6 heteroatoms. The molecule has 3 rings (SSSR count). The summed E-state index contributed by atoms with van der Waals surface area (Å²) in [6, 6.07) is 7.93. The third kappa shape index (κ3) is 4.02. The Morgan fingerprint density at radius 2 is 2.16 bits per heavy atom. The van der Waals surface area contributed by atoms with Gasteiger partial charge in [0.2, 0.25) is 0 Å². The van der Waals surface area contributed by atoms with Gasteiger partial charge in [0.25, 0.3) is 5.91 Å². The SMILES string of the molecule is CCOc1ccc(-c2nc(C(=O)N3CCC(C)CC3CN)cs2)cc1. The van der Waals surface area contributed by atoms with Crippen molar-refractivity contribution in [2.24, 2.45) is 11.7 Å². The van der Waals surface area contributed by atoms with E-state index >= 15 is 0 Å². The monoisotopic (exact) mass is 359 g/mol. The van der Waals surface area contributed by atoms with Crippen molar-refractivity contribution in [2.75, 3.05) is 19.7 Å². The highest BCUT2D eigenvalue weighted by Crippen LogP contribution is 2.28. The normalized spacial score (nSPS) is 20.5. The number of benzene rings is 1. The molecule has 1 saturated heterocycles. The number of nitrogens with zero attached hydrogens (tertiary/aromatic N) is 2. The van der Waals surface area contributed by atoms with E-state index in [1.807, 2.05) is 41.5 Å². The van der Waals surface area contributed by atoms with E-state index in [-0.39, 0.29) is 11.9 Å². The summed E-state index contributed by atoms with van der Waals surface area (Å²) < 4.78 is 5.46. The maximum Gasteiger partial charge on any atom is 0.273 e. The molecule has 2 aromatic rings. The Balaban J connectivity index is 1.75. The van der Waals surface area contributed by atoms with Crippen molar-refractivity contribution in [1.82, 2.24) is 9.88 Å². The molecule has 2 atom stereocenters. The van der Waals surface area contributed by atoms with Gasteiger partial charge in [-0.25, -0.2) is 4.98 Å². The summed E-state index contributed by atoms with van der Waals surface area (Å²) in [5, 5.41) is 2.70. The van der Waals surface area contributed by atoms with Gasteiger partial charge in [-0.3, -0.25) is 4.79 Å². The number of thiazole rings is 1. The third-order valence-electron chi connectivity index (χ3n) is 4.65. The number of carbonyl (C=O) groups is 1. The van der Waals surface area contributed by atoms with E-state index in [1.54, 1.807) is 0 Å². The molecule has 1 aromatic heterocycles. The van der Waals surface area contributed by atoms with Gasteiger partial charge in [0.05, 0.1) is 6.61 Å². The van der Waals surface area contributed by atoms with Crippen LogP contribution in [0.4, 0.5) is 0 Å².